The van der Waals surface area contributed by atoms with E-state index >= 15 is 0 Å². The van der Waals surface area contributed by atoms with Crippen molar-refractivity contribution in [2.75, 3.05) is 6.61 Å². The average Bonchev–Trinajstić information content (AvgIpc) is 3.18. The second-order valence-corrected chi connectivity index (χ2v) is 12.5. The van der Waals surface area contributed by atoms with Crippen molar-refractivity contribution in [3.8, 4) is 0 Å². The van der Waals surface area contributed by atoms with Crippen LogP contribution < -0.4 is 0 Å². The van der Waals surface area contributed by atoms with Crippen LogP contribution in [0.4, 0.5) is 0 Å². The third-order valence-corrected chi connectivity index (χ3v) is 9.34. The van der Waals surface area contributed by atoms with Crippen LogP contribution in [0.5, 0.6) is 0 Å². The summed E-state index contributed by atoms with van der Waals surface area (Å²) < 4.78 is 5.38. The van der Waals surface area contributed by atoms with Gasteiger partial charge in [-0.25, -0.2) is 0 Å². The number of fused-ring (bicyclic) bond motifs is 1. The molecule has 0 saturated heterocycles. The number of unbranched alkanes of at least 4 members (excludes halogenated alkanes) is 1. The molecule has 0 aliphatic heterocycles. The van der Waals surface area contributed by atoms with Gasteiger partial charge in [-0.2, -0.15) is 0 Å². The van der Waals surface area contributed by atoms with Crippen LogP contribution in [-0.2, 0) is 9.53 Å². The van der Waals surface area contributed by atoms with E-state index in [0.29, 0.717) is 43.6 Å². The van der Waals surface area contributed by atoms with Crippen molar-refractivity contribution in [1.29, 1.82) is 0 Å². The fourth-order valence-corrected chi connectivity index (χ4v) is 6.94. The lowest BCUT2D eigenvalue weighted by Crippen LogP contribution is -2.38. The van der Waals surface area contributed by atoms with Gasteiger partial charge in [-0.05, 0) is 94.8 Å². The first kappa shape index (κ1) is 29.1. The summed E-state index contributed by atoms with van der Waals surface area (Å²) in [7, 11) is 0. The average molecular weight is 503 g/mol. The highest BCUT2D eigenvalue weighted by Crippen LogP contribution is 2.59. The van der Waals surface area contributed by atoms with E-state index in [4.69, 9.17) is 4.74 Å². The van der Waals surface area contributed by atoms with Gasteiger partial charge in [0.05, 0.1) is 30.3 Å². The largest absolute Gasteiger partial charge is 0.465 e. The first-order chi connectivity index (χ1) is 17.0. The molecule has 5 nitrogen and oxygen atoms in total. The molecule has 0 radical (unpaired) electrons. The van der Waals surface area contributed by atoms with Crippen molar-refractivity contribution in [2.45, 2.75) is 117 Å². The minimum absolute atomic E-state index is 0.220. The van der Waals surface area contributed by atoms with Gasteiger partial charge in [-0.1, -0.05) is 62.6 Å². The molecule has 3 fully saturated rings. The molecule has 0 aromatic carbocycles. The number of hydrogen-bond acceptors (Lipinski definition) is 5. The number of esters is 1. The van der Waals surface area contributed by atoms with Crippen molar-refractivity contribution < 1.29 is 24.9 Å². The summed E-state index contributed by atoms with van der Waals surface area (Å²) in [6, 6.07) is 0. The summed E-state index contributed by atoms with van der Waals surface area (Å²) in [6.07, 6.45) is 16.1. The fraction of sp³-hybridized carbons (Fsp3) is 0.774. The molecule has 3 rings (SSSR count). The van der Waals surface area contributed by atoms with E-state index in [0.717, 1.165) is 31.3 Å². The lowest BCUT2D eigenvalue weighted by molar-refractivity contribution is -0.158. The van der Waals surface area contributed by atoms with E-state index in [9.17, 15) is 20.1 Å². The van der Waals surface area contributed by atoms with E-state index in [1.54, 1.807) is 13.8 Å². The molecule has 3 N–H and O–H groups in total. The van der Waals surface area contributed by atoms with E-state index in [2.05, 4.69) is 39.0 Å². The highest BCUT2D eigenvalue weighted by molar-refractivity contribution is 5.77. The maximum absolute atomic E-state index is 12.5. The predicted molar refractivity (Wildman–Crippen MR) is 144 cm³/mol. The van der Waals surface area contributed by atoms with Gasteiger partial charge in [0, 0.05) is 0 Å². The Morgan fingerprint density at radius 1 is 1.17 bits per heavy atom. The van der Waals surface area contributed by atoms with Crippen molar-refractivity contribution in [1.82, 2.24) is 0 Å². The van der Waals surface area contributed by atoms with E-state index in [1.165, 1.54) is 24.8 Å². The van der Waals surface area contributed by atoms with E-state index in [1.807, 2.05) is 6.08 Å². The number of carbonyl (C=O) groups excluding carboxylic acids is 1. The Morgan fingerprint density at radius 3 is 2.53 bits per heavy atom. The number of rotatable bonds is 9. The standard InChI is InChI=1S/C31H50O5/c1-6-7-17-36-29(35)30(3,4)28(34)15-10-21(2)26-13-14-27-23(9-8-16-31(26,27)5)12-11-22-18-24(32)20-25(33)19-22/h10-12,15,21,24-28,32-34H,6-9,13-14,16-20H2,1-5H3/t21-,24-,25-,26-,27+,28+,31-/m1/s1. The lowest BCUT2D eigenvalue weighted by atomic mass is 9.61. The van der Waals surface area contributed by atoms with Crippen LogP contribution in [0.25, 0.3) is 0 Å². The van der Waals surface area contributed by atoms with Crippen molar-refractivity contribution in [3.05, 3.63) is 35.5 Å². The molecule has 5 heteroatoms. The molecule has 204 valence electrons. The topological polar surface area (TPSA) is 87.0 Å². The Hall–Kier alpha value is -1.43. The molecule has 0 amide bonds. The molecular weight excluding hydrogens is 452 g/mol. The van der Waals surface area contributed by atoms with Crippen LogP contribution >= 0.6 is 0 Å². The van der Waals surface area contributed by atoms with Gasteiger partial charge in [0.2, 0.25) is 0 Å². The third-order valence-electron chi connectivity index (χ3n) is 9.34. The first-order valence-electron chi connectivity index (χ1n) is 14.3. The predicted octanol–water partition coefficient (Wildman–Crippen LogP) is 5.88. The van der Waals surface area contributed by atoms with Gasteiger partial charge in [-0.15, -0.1) is 0 Å². The second-order valence-electron chi connectivity index (χ2n) is 12.5. The molecule has 7 atom stereocenters. The summed E-state index contributed by atoms with van der Waals surface area (Å²) in [5, 5.41) is 30.9. The molecule has 0 aromatic rings. The van der Waals surface area contributed by atoms with Crippen molar-refractivity contribution >= 4 is 5.97 Å². The number of aliphatic hydroxyl groups excluding tert-OH is 3. The Kier molecular flexibility index (Phi) is 10.0. The van der Waals surface area contributed by atoms with Gasteiger partial charge < -0.3 is 20.1 Å². The number of allylic oxidation sites excluding steroid dienone is 4. The highest BCUT2D eigenvalue weighted by Gasteiger charge is 2.50. The van der Waals surface area contributed by atoms with Gasteiger partial charge in [0.15, 0.2) is 0 Å². The first-order valence-corrected chi connectivity index (χ1v) is 14.3. The van der Waals surface area contributed by atoms with Crippen LogP contribution in [0.3, 0.4) is 0 Å². The quantitative estimate of drug-likeness (QED) is 0.208. The number of aliphatic hydroxyl groups is 3. The molecule has 0 aromatic heterocycles. The van der Waals surface area contributed by atoms with Gasteiger partial charge >= 0.3 is 5.97 Å². The van der Waals surface area contributed by atoms with Crippen LogP contribution in [-0.4, -0.2) is 46.2 Å². The monoisotopic (exact) mass is 502 g/mol. The van der Waals surface area contributed by atoms with Gasteiger partial charge in [-0.3, -0.25) is 4.79 Å². The lowest BCUT2D eigenvalue weighted by Gasteiger charge is -2.44. The normalized spacial score (nSPS) is 34.0. The minimum atomic E-state index is -0.972. The molecule has 3 aliphatic rings. The summed E-state index contributed by atoms with van der Waals surface area (Å²) in [6.45, 7) is 10.7. The molecule has 36 heavy (non-hydrogen) atoms. The van der Waals surface area contributed by atoms with E-state index < -0.39 is 23.7 Å². The second kappa shape index (κ2) is 12.4. The molecule has 3 aliphatic carbocycles. The fourth-order valence-electron chi connectivity index (χ4n) is 6.94. The van der Waals surface area contributed by atoms with Crippen LogP contribution in [0, 0.1) is 28.6 Å². The summed E-state index contributed by atoms with van der Waals surface area (Å²) >= 11 is 0. The molecule has 0 unspecified atom stereocenters. The molecule has 0 spiro atoms. The van der Waals surface area contributed by atoms with E-state index in [-0.39, 0.29) is 11.4 Å². The van der Waals surface area contributed by atoms with Crippen molar-refractivity contribution in [2.24, 2.45) is 28.6 Å². The Labute approximate surface area is 218 Å². The summed E-state index contributed by atoms with van der Waals surface area (Å²) in [4.78, 5) is 12.5. The molecule has 0 heterocycles. The zero-order valence-corrected chi connectivity index (χ0v) is 23.2. The third kappa shape index (κ3) is 6.71. The minimum Gasteiger partial charge on any atom is -0.465 e. The Morgan fingerprint density at radius 2 is 1.86 bits per heavy atom. The van der Waals surface area contributed by atoms with Crippen LogP contribution in [0.1, 0.15) is 98.8 Å². The number of hydrogen-bond donors (Lipinski definition) is 3. The zero-order valence-electron chi connectivity index (χ0n) is 23.2. The van der Waals surface area contributed by atoms with Gasteiger partial charge in [0.1, 0.15) is 0 Å². The van der Waals surface area contributed by atoms with Gasteiger partial charge in [0.25, 0.3) is 0 Å². The SMILES string of the molecule is CCCCOC(=O)C(C)(C)[C@@H](O)C=C[C@@H](C)[C@H]1CC[C@H]2C(=CC=C3C[C@@H](O)C[C@H](O)C3)CCC[C@]12C. The number of ether oxygens (including phenoxy) is 1. The Bertz CT molecular complexity index is 828. The molecule has 0 bridgehead atoms. The zero-order chi connectivity index (χ0) is 26.5. The Balaban J connectivity index is 1.66. The van der Waals surface area contributed by atoms with Crippen LogP contribution in [0.15, 0.2) is 35.5 Å². The van der Waals surface area contributed by atoms with Crippen molar-refractivity contribution in [3.63, 3.8) is 0 Å². The summed E-state index contributed by atoms with van der Waals surface area (Å²) in [5.41, 5.74) is 1.91. The maximum Gasteiger partial charge on any atom is 0.314 e. The molecular formula is C31H50O5. The smallest absolute Gasteiger partial charge is 0.314 e. The summed E-state index contributed by atoms with van der Waals surface area (Å²) in [5.74, 6) is 1.04. The highest BCUT2D eigenvalue weighted by atomic mass is 16.5. The van der Waals surface area contributed by atoms with Crippen LogP contribution in [0.2, 0.25) is 0 Å². The number of carbonyl (C=O) groups is 1. The maximum atomic E-state index is 12.5. The molecule has 3 saturated carbocycles.